The standard InChI is InChI=1S/C22H30N2O2/c1-3-20(24-14-12-23-13-15-24)19-10-11-21(22(16-19)25-4-2)26-17-18-8-6-5-7-9-18/h5-11,16,20,23H,3-4,12-15,17H2,1-2H3. The molecule has 1 aliphatic rings. The molecule has 26 heavy (non-hydrogen) atoms. The molecule has 140 valence electrons. The van der Waals surface area contributed by atoms with Crippen LogP contribution in [0.15, 0.2) is 48.5 Å². The van der Waals surface area contributed by atoms with E-state index < -0.39 is 0 Å². The van der Waals surface area contributed by atoms with Crippen molar-refractivity contribution in [2.75, 3.05) is 32.8 Å². The van der Waals surface area contributed by atoms with Gasteiger partial charge in [-0.15, -0.1) is 0 Å². The maximum atomic E-state index is 6.04. The van der Waals surface area contributed by atoms with Crippen molar-refractivity contribution in [3.05, 3.63) is 59.7 Å². The molecule has 0 spiro atoms. The molecule has 0 amide bonds. The van der Waals surface area contributed by atoms with Crippen molar-refractivity contribution in [1.82, 2.24) is 10.2 Å². The molecule has 0 radical (unpaired) electrons. The number of piperazine rings is 1. The molecule has 1 fully saturated rings. The average Bonchev–Trinajstić information content (AvgIpc) is 2.70. The first-order valence-electron chi connectivity index (χ1n) is 9.70. The largest absolute Gasteiger partial charge is 0.490 e. The Labute approximate surface area is 157 Å². The molecule has 1 atom stereocenters. The van der Waals surface area contributed by atoms with Gasteiger partial charge < -0.3 is 14.8 Å². The second-order valence-electron chi connectivity index (χ2n) is 6.62. The summed E-state index contributed by atoms with van der Waals surface area (Å²) in [6, 6.07) is 17.1. The molecule has 0 saturated carbocycles. The zero-order valence-corrected chi connectivity index (χ0v) is 15.9. The van der Waals surface area contributed by atoms with E-state index in [0.717, 1.165) is 49.7 Å². The summed E-state index contributed by atoms with van der Waals surface area (Å²) in [6.07, 6.45) is 1.09. The fraction of sp³-hybridized carbons (Fsp3) is 0.455. The first kappa shape index (κ1) is 18.7. The van der Waals surface area contributed by atoms with Crippen molar-refractivity contribution >= 4 is 0 Å². The third kappa shape index (κ3) is 4.77. The molecule has 1 unspecified atom stereocenters. The summed E-state index contributed by atoms with van der Waals surface area (Å²) in [6.45, 7) is 9.77. The smallest absolute Gasteiger partial charge is 0.161 e. The fourth-order valence-corrected chi connectivity index (χ4v) is 3.55. The highest BCUT2D eigenvalue weighted by Crippen LogP contribution is 2.34. The zero-order valence-electron chi connectivity index (χ0n) is 15.9. The predicted molar refractivity (Wildman–Crippen MR) is 106 cm³/mol. The molecular weight excluding hydrogens is 324 g/mol. The minimum atomic E-state index is 0.430. The van der Waals surface area contributed by atoms with Crippen molar-refractivity contribution in [3.8, 4) is 11.5 Å². The summed E-state index contributed by atoms with van der Waals surface area (Å²) < 4.78 is 11.9. The Morgan fingerprint density at radius 2 is 1.73 bits per heavy atom. The highest BCUT2D eigenvalue weighted by Gasteiger charge is 2.21. The van der Waals surface area contributed by atoms with Gasteiger partial charge in [-0.25, -0.2) is 0 Å². The van der Waals surface area contributed by atoms with Crippen LogP contribution in [0.5, 0.6) is 11.5 Å². The molecule has 1 heterocycles. The monoisotopic (exact) mass is 354 g/mol. The van der Waals surface area contributed by atoms with Gasteiger partial charge in [0.15, 0.2) is 11.5 Å². The predicted octanol–water partition coefficient (Wildman–Crippen LogP) is 4.02. The lowest BCUT2D eigenvalue weighted by atomic mass is 10.0. The number of hydrogen-bond donors (Lipinski definition) is 1. The van der Waals surface area contributed by atoms with Gasteiger partial charge in [0.1, 0.15) is 6.61 Å². The number of nitrogens with zero attached hydrogens (tertiary/aromatic N) is 1. The first-order valence-corrected chi connectivity index (χ1v) is 9.70. The van der Waals surface area contributed by atoms with Crippen LogP contribution in [-0.2, 0) is 6.61 Å². The normalized spacial score (nSPS) is 16.2. The van der Waals surface area contributed by atoms with Gasteiger partial charge in [0.2, 0.25) is 0 Å². The maximum absolute atomic E-state index is 6.04. The van der Waals surface area contributed by atoms with Crippen LogP contribution in [0.4, 0.5) is 0 Å². The molecule has 1 aliphatic heterocycles. The van der Waals surface area contributed by atoms with Gasteiger partial charge in [0, 0.05) is 32.2 Å². The summed E-state index contributed by atoms with van der Waals surface area (Å²) >= 11 is 0. The molecule has 1 N–H and O–H groups in total. The van der Waals surface area contributed by atoms with Crippen molar-refractivity contribution in [3.63, 3.8) is 0 Å². The second kappa shape index (κ2) is 9.60. The quantitative estimate of drug-likeness (QED) is 0.776. The Morgan fingerprint density at radius 1 is 0.962 bits per heavy atom. The van der Waals surface area contributed by atoms with E-state index in [0.29, 0.717) is 19.3 Å². The van der Waals surface area contributed by atoms with E-state index in [1.54, 1.807) is 0 Å². The summed E-state index contributed by atoms with van der Waals surface area (Å²) in [7, 11) is 0. The van der Waals surface area contributed by atoms with Gasteiger partial charge in [-0.2, -0.15) is 0 Å². The molecule has 3 rings (SSSR count). The highest BCUT2D eigenvalue weighted by atomic mass is 16.5. The van der Waals surface area contributed by atoms with E-state index in [-0.39, 0.29) is 0 Å². The number of nitrogens with one attached hydrogen (secondary N) is 1. The van der Waals surface area contributed by atoms with Crippen molar-refractivity contribution in [2.24, 2.45) is 0 Å². The van der Waals surface area contributed by atoms with Crippen LogP contribution in [0.25, 0.3) is 0 Å². The first-order chi connectivity index (χ1) is 12.8. The molecular formula is C22H30N2O2. The van der Waals surface area contributed by atoms with Crippen LogP contribution in [0, 0.1) is 0 Å². The van der Waals surface area contributed by atoms with Crippen molar-refractivity contribution in [1.29, 1.82) is 0 Å². The molecule has 4 nitrogen and oxygen atoms in total. The lowest BCUT2D eigenvalue weighted by molar-refractivity contribution is 0.169. The summed E-state index contributed by atoms with van der Waals surface area (Å²) in [5.74, 6) is 1.66. The highest BCUT2D eigenvalue weighted by molar-refractivity contribution is 5.44. The molecule has 1 saturated heterocycles. The minimum Gasteiger partial charge on any atom is -0.490 e. The Morgan fingerprint density at radius 3 is 2.42 bits per heavy atom. The molecule has 0 bridgehead atoms. The van der Waals surface area contributed by atoms with Gasteiger partial charge in [0.25, 0.3) is 0 Å². The van der Waals surface area contributed by atoms with Crippen molar-refractivity contribution < 1.29 is 9.47 Å². The average molecular weight is 354 g/mol. The lowest BCUT2D eigenvalue weighted by Crippen LogP contribution is -2.45. The summed E-state index contributed by atoms with van der Waals surface area (Å²) in [4.78, 5) is 2.56. The maximum Gasteiger partial charge on any atom is 0.161 e. The van der Waals surface area contributed by atoms with Crippen LogP contribution in [0.1, 0.15) is 37.4 Å². The van der Waals surface area contributed by atoms with E-state index in [4.69, 9.17) is 9.47 Å². The van der Waals surface area contributed by atoms with Crippen LogP contribution >= 0.6 is 0 Å². The third-order valence-corrected chi connectivity index (χ3v) is 4.87. The van der Waals surface area contributed by atoms with Crippen LogP contribution in [-0.4, -0.2) is 37.7 Å². The van der Waals surface area contributed by atoms with Gasteiger partial charge in [-0.1, -0.05) is 43.3 Å². The van der Waals surface area contributed by atoms with Crippen molar-refractivity contribution in [2.45, 2.75) is 32.9 Å². The van der Waals surface area contributed by atoms with Crippen LogP contribution in [0.2, 0.25) is 0 Å². The number of benzene rings is 2. The molecule has 0 aliphatic carbocycles. The Balaban J connectivity index is 1.76. The molecule has 2 aromatic carbocycles. The number of rotatable bonds is 8. The SMILES string of the molecule is CCOc1cc(C(CC)N2CCNCC2)ccc1OCc1ccccc1. The fourth-order valence-electron chi connectivity index (χ4n) is 3.55. The minimum absolute atomic E-state index is 0.430. The summed E-state index contributed by atoms with van der Waals surface area (Å²) in [5, 5.41) is 3.43. The van der Waals surface area contributed by atoms with E-state index in [1.807, 2.05) is 25.1 Å². The van der Waals surface area contributed by atoms with Crippen LogP contribution in [0.3, 0.4) is 0 Å². The van der Waals surface area contributed by atoms with E-state index in [9.17, 15) is 0 Å². The van der Waals surface area contributed by atoms with E-state index in [1.165, 1.54) is 5.56 Å². The van der Waals surface area contributed by atoms with Gasteiger partial charge >= 0.3 is 0 Å². The molecule has 0 aromatic heterocycles. The number of hydrogen-bond acceptors (Lipinski definition) is 4. The molecule has 2 aromatic rings. The lowest BCUT2D eigenvalue weighted by Gasteiger charge is -2.35. The van der Waals surface area contributed by atoms with E-state index in [2.05, 4.69) is 47.5 Å². The van der Waals surface area contributed by atoms with E-state index >= 15 is 0 Å². The zero-order chi connectivity index (χ0) is 18.2. The van der Waals surface area contributed by atoms with Gasteiger partial charge in [-0.3, -0.25) is 4.90 Å². The Hall–Kier alpha value is -2.04. The van der Waals surface area contributed by atoms with Gasteiger partial charge in [-0.05, 0) is 36.6 Å². The summed E-state index contributed by atoms with van der Waals surface area (Å²) in [5.41, 5.74) is 2.47. The third-order valence-electron chi connectivity index (χ3n) is 4.87. The molecule has 4 heteroatoms. The Bertz CT molecular complexity index is 669. The number of ether oxygens (including phenoxy) is 2. The van der Waals surface area contributed by atoms with Gasteiger partial charge in [0.05, 0.1) is 6.61 Å². The van der Waals surface area contributed by atoms with Crippen LogP contribution < -0.4 is 14.8 Å². The second-order valence-corrected chi connectivity index (χ2v) is 6.62. The Kier molecular flexibility index (Phi) is 6.92. The topological polar surface area (TPSA) is 33.7 Å².